The van der Waals surface area contributed by atoms with E-state index in [1.165, 1.54) is 16.2 Å². The zero-order valence-corrected chi connectivity index (χ0v) is 12.5. The van der Waals surface area contributed by atoms with Crippen molar-refractivity contribution in [2.75, 3.05) is 18.0 Å². The van der Waals surface area contributed by atoms with Crippen LogP contribution in [0.4, 0.5) is 18.3 Å². The SMILES string of the molecule is CCN(CC(F)(F)F)c1nc(C(C)(C)C)c(CN)s1. The molecule has 0 spiro atoms. The number of nitrogens with zero attached hydrogens (tertiary/aromatic N) is 2. The lowest BCUT2D eigenvalue weighted by Gasteiger charge is -2.21. The number of hydrogen-bond donors (Lipinski definition) is 1. The first-order chi connectivity index (χ1) is 8.58. The molecule has 0 amide bonds. The minimum absolute atomic E-state index is 0.221. The third-order valence-corrected chi connectivity index (χ3v) is 3.74. The fourth-order valence-corrected chi connectivity index (χ4v) is 2.94. The number of aromatic nitrogens is 1. The number of halogens is 3. The smallest absolute Gasteiger partial charge is 0.339 e. The largest absolute Gasteiger partial charge is 0.406 e. The van der Waals surface area contributed by atoms with Crippen molar-refractivity contribution in [1.82, 2.24) is 4.98 Å². The zero-order chi connectivity index (χ0) is 14.8. The number of thiazole rings is 1. The van der Waals surface area contributed by atoms with E-state index >= 15 is 0 Å². The molecule has 0 radical (unpaired) electrons. The molecule has 7 heteroatoms. The fraction of sp³-hybridized carbons (Fsp3) is 0.750. The second kappa shape index (κ2) is 5.66. The summed E-state index contributed by atoms with van der Waals surface area (Å²) in [5, 5.41) is 0.394. The normalized spacial score (nSPS) is 12.8. The maximum atomic E-state index is 12.5. The van der Waals surface area contributed by atoms with Crippen LogP contribution in [0.25, 0.3) is 0 Å². The summed E-state index contributed by atoms with van der Waals surface area (Å²) in [6.45, 7) is 7.20. The maximum absolute atomic E-state index is 12.5. The molecule has 0 aliphatic heterocycles. The van der Waals surface area contributed by atoms with Crippen LogP contribution < -0.4 is 10.6 Å². The van der Waals surface area contributed by atoms with Gasteiger partial charge >= 0.3 is 6.18 Å². The molecule has 3 nitrogen and oxygen atoms in total. The summed E-state index contributed by atoms with van der Waals surface area (Å²) in [4.78, 5) is 6.46. The van der Waals surface area contributed by atoms with E-state index in [-0.39, 0.29) is 12.0 Å². The van der Waals surface area contributed by atoms with Gasteiger partial charge < -0.3 is 10.6 Å². The molecule has 0 aliphatic carbocycles. The molecule has 1 aromatic rings. The molecule has 1 heterocycles. The third-order valence-electron chi connectivity index (χ3n) is 2.60. The molecule has 0 aliphatic rings. The van der Waals surface area contributed by atoms with E-state index in [0.29, 0.717) is 11.7 Å². The highest BCUT2D eigenvalue weighted by Gasteiger charge is 2.32. The van der Waals surface area contributed by atoms with Gasteiger partial charge in [-0.2, -0.15) is 13.2 Å². The second-order valence-corrected chi connectivity index (χ2v) is 6.41. The topological polar surface area (TPSA) is 42.2 Å². The van der Waals surface area contributed by atoms with Crippen molar-refractivity contribution < 1.29 is 13.2 Å². The van der Waals surface area contributed by atoms with Gasteiger partial charge in [0.05, 0.1) is 5.69 Å². The highest BCUT2D eigenvalue weighted by atomic mass is 32.1. The number of nitrogens with two attached hydrogens (primary N) is 1. The molecule has 1 rings (SSSR count). The minimum Gasteiger partial charge on any atom is -0.339 e. The van der Waals surface area contributed by atoms with E-state index < -0.39 is 12.7 Å². The number of alkyl halides is 3. The Bertz CT molecular complexity index is 421. The summed E-state index contributed by atoms with van der Waals surface area (Å²) < 4.78 is 37.5. The van der Waals surface area contributed by atoms with Gasteiger partial charge in [-0.15, -0.1) is 11.3 Å². The molecule has 0 saturated heterocycles. The van der Waals surface area contributed by atoms with Gasteiger partial charge in [-0.25, -0.2) is 4.98 Å². The lowest BCUT2D eigenvalue weighted by molar-refractivity contribution is -0.119. The first-order valence-corrected chi connectivity index (χ1v) is 6.92. The summed E-state index contributed by atoms with van der Waals surface area (Å²) in [7, 11) is 0. The van der Waals surface area contributed by atoms with E-state index in [2.05, 4.69) is 4.98 Å². The number of rotatable bonds is 4. The second-order valence-electron chi connectivity index (χ2n) is 5.35. The van der Waals surface area contributed by atoms with Crippen LogP contribution in [-0.4, -0.2) is 24.2 Å². The Morgan fingerprint density at radius 3 is 2.16 bits per heavy atom. The predicted molar refractivity (Wildman–Crippen MR) is 72.6 cm³/mol. The van der Waals surface area contributed by atoms with Gasteiger partial charge in [0.2, 0.25) is 0 Å². The predicted octanol–water partition coefficient (Wildman–Crippen LogP) is 3.29. The quantitative estimate of drug-likeness (QED) is 0.927. The van der Waals surface area contributed by atoms with Gasteiger partial charge in [0.15, 0.2) is 5.13 Å². The van der Waals surface area contributed by atoms with Gasteiger partial charge in [0, 0.05) is 23.4 Å². The van der Waals surface area contributed by atoms with Gasteiger partial charge in [-0.3, -0.25) is 0 Å². The van der Waals surface area contributed by atoms with E-state index in [9.17, 15) is 13.2 Å². The molecule has 110 valence electrons. The highest BCUT2D eigenvalue weighted by molar-refractivity contribution is 7.15. The van der Waals surface area contributed by atoms with Crippen LogP contribution in [0.5, 0.6) is 0 Å². The molecule has 0 aromatic carbocycles. The van der Waals surface area contributed by atoms with E-state index in [0.717, 1.165) is 10.6 Å². The first kappa shape index (κ1) is 16.2. The van der Waals surface area contributed by atoms with Crippen molar-refractivity contribution in [1.29, 1.82) is 0 Å². The molecule has 1 aromatic heterocycles. The van der Waals surface area contributed by atoms with E-state index in [1.54, 1.807) is 6.92 Å². The van der Waals surface area contributed by atoms with Crippen molar-refractivity contribution in [3.05, 3.63) is 10.6 Å². The third kappa shape index (κ3) is 4.35. The van der Waals surface area contributed by atoms with Gasteiger partial charge in [0.25, 0.3) is 0 Å². The van der Waals surface area contributed by atoms with Crippen molar-refractivity contribution >= 4 is 16.5 Å². The van der Waals surface area contributed by atoms with Crippen molar-refractivity contribution in [3.8, 4) is 0 Å². The Morgan fingerprint density at radius 1 is 1.26 bits per heavy atom. The summed E-state index contributed by atoms with van der Waals surface area (Å²) in [5.74, 6) is 0. The summed E-state index contributed by atoms with van der Waals surface area (Å²) in [6, 6.07) is 0. The molecule has 0 atom stereocenters. The van der Waals surface area contributed by atoms with Crippen molar-refractivity contribution in [3.63, 3.8) is 0 Å². The minimum atomic E-state index is -4.23. The average Bonchev–Trinajstić information content (AvgIpc) is 2.68. The fourth-order valence-electron chi connectivity index (χ4n) is 1.73. The van der Waals surface area contributed by atoms with Crippen LogP contribution in [-0.2, 0) is 12.0 Å². The Morgan fingerprint density at radius 2 is 1.84 bits per heavy atom. The molecule has 0 saturated carbocycles. The summed E-state index contributed by atoms with van der Waals surface area (Å²) >= 11 is 1.25. The summed E-state index contributed by atoms with van der Waals surface area (Å²) in [5.41, 5.74) is 6.23. The molecule has 2 N–H and O–H groups in total. The van der Waals surface area contributed by atoms with Crippen LogP contribution in [0.15, 0.2) is 0 Å². The Kier molecular flexibility index (Phi) is 4.84. The Labute approximate surface area is 115 Å². The number of anilines is 1. The monoisotopic (exact) mass is 295 g/mol. The lowest BCUT2D eigenvalue weighted by Crippen LogP contribution is -2.34. The first-order valence-electron chi connectivity index (χ1n) is 6.10. The highest BCUT2D eigenvalue weighted by Crippen LogP contribution is 2.34. The number of hydrogen-bond acceptors (Lipinski definition) is 4. The standard InChI is InChI=1S/C12H20F3N3S/c1-5-18(7-12(13,14)15)10-17-9(11(2,3)4)8(6-16)19-10/h5-7,16H2,1-4H3. The molecule has 0 unspecified atom stereocenters. The Balaban J connectivity index is 3.10. The Hall–Kier alpha value is -0.820. The van der Waals surface area contributed by atoms with E-state index in [1.807, 2.05) is 20.8 Å². The molecule has 0 fully saturated rings. The van der Waals surface area contributed by atoms with Crippen LogP contribution >= 0.6 is 11.3 Å². The van der Waals surface area contributed by atoms with Gasteiger partial charge in [0.1, 0.15) is 6.54 Å². The van der Waals surface area contributed by atoms with Crippen LogP contribution in [0.1, 0.15) is 38.3 Å². The lowest BCUT2D eigenvalue weighted by atomic mass is 9.91. The maximum Gasteiger partial charge on any atom is 0.406 e. The zero-order valence-electron chi connectivity index (χ0n) is 11.6. The van der Waals surface area contributed by atoms with Crippen LogP contribution in [0, 0.1) is 0 Å². The van der Waals surface area contributed by atoms with Crippen LogP contribution in [0.3, 0.4) is 0 Å². The van der Waals surface area contributed by atoms with E-state index in [4.69, 9.17) is 5.73 Å². The van der Waals surface area contributed by atoms with Crippen molar-refractivity contribution in [2.45, 2.75) is 45.8 Å². The van der Waals surface area contributed by atoms with Gasteiger partial charge in [-0.05, 0) is 6.92 Å². The summed E-state index contributed by atoms with van der Waals surface area (Å²) in [6.07, 6.45) is -4.23. The molecule has 0 bridgehead atoms. The van der Waals surface area contributed by atoms with Gasteiger partial charge in [-0.1, -0.05) is 20.8 Å². The van der Waals surface area contributed by atoms with Crippen molar-refractivity contribution in [2.24, 2.45) is 5.73 Å². The van der Waals surface area contributed by atoms with Crippen LogP contribution in [0.2, 0.25) is 0 Å². The molecular weight excluding hydrogens is 275 g/mol. The average molecular weight is 295 g/mol. The molecule has 19 heavy (non-hydrogen) atoms. The molecular formula is C12H20F3N3S.